The third-order valence-corrected chi connectivity index (χ3v) is 0.894. The van der Waals surface area contributed by atoms with Gasteiger partial charge in [-0.1, -0.05) is 6.90 Å². The zero-order chi connectivity index (χ0) is 13.4. The maximum Gasteiger partial charge on any atom is 0.343 e. The van der Waals surface area contributed by atoms with E-state index in [1.165, 1.54) is 0 Å². The summed E-state index contributed by atoms with van der Waals surface area (Å²) < 4.78 is 40.8. The van der Waals surface area contributed by atoms with Gasteiger partial charge in [0.25, 0.3) is 0 Å². The Morgan fingerprint density at radius 2 is 2.40 bits per heavy atom. The lowest BCUT2D eigenvalue weighted by Crippen LogP contribution is -2.44. The highest BCUT2D eigenvalue weighted by atomic mass is 16.4. The van der Waals surface area contributed by atoms with E-state index in [0.29, 0.717) is 0 Å². The van der Waals surface area contributed by atoms with E-state index in [0.717, 1.165) is 0 Å². The van der Waals surface area contributed by atoms with Crippen molar-refractivity contribution in [1.82, 2.24) is 0 Å². The highest BCUT2D eigenvalue weighted by molar-refractivity contribution is 6.04. The summed E-state index contributed by atoms with van der Waals surface area (Å²) in [5, 5.41) is 18.0. The minimum atomic E-state index is -3.75. The normalized spacial score (nSPS) is 27.3. The molecule has 4 heteroatoms. The smallest absolute Gasteiger partial charge is 0.343 e. The van der Waals surface area contributed by atoms with E-state index in [1.54, 1.807) is 0 Å². The van der Waals surface area contributed by atoms with Crippen LogP contribution in [0.1, 0.15) is 28.3 Å². The highest BCUT2D eigenvalue weighted by Gasteiger charge is 2.38. The first-order valence-electron chi connectivity index (χ1n) is 5.42. The molecule has 0 heterocycles. The van der Waals surface area contributed by atoms with Gasteiger partial charge in [-0.15, -0.1) is 0 Å². The van der Waals surface area contributed by atoms with Crippen molar-refractivity contribution in [3.8, 4) is 0 Å². The van der Waals surface area contributed by atoms with Gasteiger partial charge in [0, 0.05) is 8.22 Å². The molecule has 0 aromatic carbocycles. The SMILES string of the molecule is [2H][13CH2]C([2H])([2H])C(O)(C(=O)O)C(=O)C([2H])([2H])[2H]. The maximum absolute atomic E-state index is 11.2. The van der Waals surface area contributed by atoms with Crippen molar-refractivity contribution in [2.75, 3.05) is 0 Å². The molecule has 0 amide bonds. The first-order chi connectivity index (χ1) is 6.91. The van der Waals surface area contributed by atoms with Crippen molar-refractivity contribution in [1.29, 1.82) is 0 Å². The summed E-state index contributed by atoms with van der Waals surface area (Å²) in [5.41, 5.74) is -3.75. The number of rotatable bonds is 3. The van der Waals surface area contributed by atoms with Crippen LogP contribution in [-0.2, 0) is 9.59 Å². The Balaban J connectivity index is 5.65. The number of carbonyl (C=O) groups is 2. The van der Waals surface area contributed by atoms with Gasteiger partial charge in [0.1, 0.15) is 0 Å². The molecule has 1 atom stereocenters. The van der Waals surface area contributed by atoms with Crippen molar-refractivity contribution < 1.29 is 28.0 Å². The van der Waals surface area contributed by atoms with Crippen molar-refractivity contribution in [3.63, 3.8) is 0 Å². The molecule has 0 rings (SSSR count). The van der Waals surface area contributed by atoms with Gasteiger partial charge in [0.2, 0.25) is 5.60 Å². The van der Waals surface area contributed by atoms with Gasteiger partial charge in [-0.05, 0) is 13.2 Å². The van der Waals surface area contributed by atoms with Gasteiger partial charge < -0.3 is 10.2 Å². The first kappa shape index (κ1) is 3.00. The van der Waals surface area contributed by atoms with Gasteiger partial charge >= 0.3 is 5.97 Å². The van der Waals surface area contributed by atoms with Gasteiger partial charge in [-0.2, -0.15) is 0 Å². The molecule has 0 aliphatic rings. The van der Waals surface area contributed by atoms with E-state index in [1.807, 2.05) is 0 Å². The summed E-state index contributed by atoms with van der Waals surface area (Å²) in [6.45, 7) is -4.73. The highest BCUT2D eigenvalue weighted by Crippen LogP contribution is 2.10. The zero-order valence-electron chi connectivity index (χ0n) is 10.9. The second kappa shape index (κ2) is 2.79. The molecule has 0 aromatic rings. The van der Waals surface area contributed by atoms with Crippen LogP contribution in [0.3, 0.4) is 0 Å². The van der Waals surface area contributed by atoms with Gasteiger partial charge in [0.15, 0.2) is 5.78 Å². The average molecular weight is 153 g/mol. The van der Waals surface area contributed by atoms with Gasteiger partial charge in [0.05, 0.1) is 0 Å². The molecule has 4 nitrogen and oxygen atoms in total. The van der Waals surface area contributed by atoms with Gasteiger partial charge in [-0.25, -0.2) is 4.79 Å². The van der Waals surface area contributed by atoms with Crippen LogP contribution in [0.25, 0.3) is 0 Å². The van der Waals surface area contributed by atoms with Crippen molar-refractivity contribution in [3.05, 3.63) is 0 Å². The minimum absolute atomic E-state index is 1.27. The molecular formula is C6H10O4. The van der Waals surface area contributed by atoms with Crippen LogP contribution < -0.4 is 0 Å². The fourth-order valence-electron chi connectivity index (χ4n) is 0.253. The van der Waals surface area contributed by atoms with Gasteiger partial charge in [-0.3, -0.25) is 4.79 Å². The number of carboxylic acids is 1. The second-order valence-electron chi connectivity index (χ2n) is 1.52. The Morgan fingerprint density at radius 3 is 2.70 bits per heavy atom. The summed E-state index contributed by atoms with van der Waals surface area (Å²) in [6.07, 6.45) is -3.19. The Labute approximate surface area is 66.9 Å². The molecule has 58 valence electrons. The molecule has 0 saturated carbocycles. The molecule has 0 spiro atoms. The number of Topliss-reactive ketones (excluding diaryl/α,β-unsaturated/α-hetero) is 1. The first-order valence-corrected chi connectivity index (χ1v) is 2.21. The average Bonchev–Trinajstić information content (AvgIpc) is 2.13. The fraction of sp³-hybridized carbons (Fsp3) is 0.667. The van der Waals surface area contributed by atoms with E-state index in [9.17, 15) is 14.7 Å². The van der Waals surface area contributed by atoms with Crippen LogP contribution in [0.15, 0.2) is 0 Å². The molecule has 0 saturated heterocycles. The lowest BCUT2D eigenvalue weighted by atomic mass is 9.99. The monoisotopic (exact) mass is 153 g/mol. The third-order valence-electron chi connectivity index (χ3n) is 0.894. The maximum atomic E-state index is 11.2. The van der Waals surface area contributed by atoms with E-state index in [2.05, 4.69) is 0 Å². The summed E-state index contributed by atoms with van der Waals surface area (Å²) in [7, 11) is 0. The van der Waals surface area contributed by atoms with Crippen LogP contribution >= 0.6 is 0 Å². The van der Waals surface area contributed by atoms with Crippen LogP contribution in [0, 0.1) is 0 Å². The number of carboxylic acid groups (broad SMARTS) is 1. The topological polar surface area (TPSA) is 74.6 Å². The quantitative estimate of drug-likeness (QED) is 0.435. The fourth-order valence-corrected chi connectivity index (χ4v) is 0.253. The minimum Gasteiger partial charge on any atom is -0.479 e. The van der Waals surface area contributed by atoms with E-state index in [4.69, 9.17) is 13.3 Å². The van der Waals surface area contributed by atoms with E-state index >= 15 is 0 Å². The molecule has 2 N–H and O–H groups in total. The second-order valence-corrected chi connectivity index (χ2v) is 1.52. The number of carbonyl (C=O) groups excluding carboxylic acids is 1. The Bertz CT molecular complexity index is 311. The Kier molecular flexibility index (Phi) is 0.838. The van der Waals surface area contributed by atoms with E-state index < -0.39 is 37.5 Å². The molecular weight excluding hydrogens is 137 g/mol. The summed E-state index contributed by atoms with van der Waals surface area (Å²) in [5.74, 6) is -4.48. The molecule has 1 unspecified atom stereocenters. The number of aliphatic hydroxyl groups is 1. The van der Waals surface area contributed by atoms with Crippen molar-refractivity contribution in [2.24, 2.45) is 0 Å². The number of hydrogen-bond donors (Lipinski definition) is 2. The predicted octanol–water partition coefficient (Wildman–Crippen LogP) is -0.199. The lowest BCUT2D eigenvalue weighted by Gasteiger charge is -2.16. The van der Waals surface area contributed by atoms with Crippen LogP contribution in [-0.4, -0.2) is 27.6 Å². The predicted molar refractivity (Wildman–Crippen MR) is 33.6 cm³/mol. The Hall–Kier alpha value is -0.900. The number of ketones is 1. The summed E-state index contributed by atoms with van der Waals surface area (Å²) in [6, 6.07) is 0. The van der Waals surface area contributed by atoms with Crippen molar-refractivity contribution >= 4 is 11.8 Å². The van der Waals surface area contributed by atoms with Crippen molar-refractivity contribution in [2.45, 2.75) is 25.7 Å². The van der Waals surface area contributed by atoms with Crippen LogP contribution in [0.5, 0.6) is 0 Å². The molecule has 10 heavy (non-hydrogen) atoms. The van der Waals surface area contributed by atoms with Crippen LogP contribution in [0.4, 0.5) is 0 Å². The standard InChI is InChI=1S/C6H10O4/c1-3-6(10,4(2)7)5(8)9/h10H,3H2,1-2H3,(H,8,9)/i1+1D,2D3,3D2. The molecule has 0 bridgehead atoms. The lowest BCUT2D eigenvalue weighted by molar-refractivity contribution is -0.164. The molecule has 0 aliphatic heterocycles. The van der Waals surface area contributed by atoms with Crippen LogP contribution in [0.2, 0.25) is 0 Å². The third kappa shape index (κ3) is 1.33. The largest absolute Gasteiger partial charge is 0.479 e. The Morgan fingerprint density at radius 1 is 1.80 bits per heavy atom. The molecule has 0 aliphatic carbocycles. The van der Waals surface area contributed by atoms with E-state index in [-0.39, 0.29) is 0 Å². The summed E-state index contributed by atoms with van der Waals surface area (Å²) >= 11 is 0. The molecule has 0 radical (unpaired) electrons. The number of aliphatic carboxylic acids is 1. The zero-order valence-corrected chi connectivity index (χ0v) is 4.92. The summed E-state index contributed by atoms with van der Waals surface area (Å²) in [4.78, 5) is 21.9. The molecule has 0 fully saturated rings. The molecule has 0 aromatic heterocycles. The number of hydrogen-bond acceptors (Lipinski definition) is 3.